The molecule has 0 bridgehead atoms. The third-order valence-corrected chi connectivity index (χ3v) is 2.20. The van der Waals surface area contributed by atoms with Crippen LogP contribution < -0.4 is 0 Å². The summed E-state index contributed by atoms with van der Waals surface area (Å²) in [4.78, 5) is 13.2. The fourth-order valence-electron chi connectivity index (χ4n) is 0.969. The lowest BCUT2D eigenvalue weighted by Crippen LogP contribution is -2.38. The molecule has 0 aromatic rings. The number of hydrogen-bond donors (Lipinski definition) is 1. The monoisotopic (exact) mass is 203 g/mol. The summed E-state index contributed by atoms with van der Waals surface area (Å²) in [6.45, 7) is 4.87. The second kappa shape index (κ2) is 7.76. The molecule has 0 saturated heterocycles. The van der Waals surface area contributed by atoms with E-state index in [1.165, 1.54) is 0 Å². The van der Waals surface area contributed by atoms with Gasteiger partial charge >= 0.3 is 5.97 Å². The van der Waals surface area contributed by atoms with Crippen molar-refractivity contribution in [2.75, 3.05) is 26.8 Å². The van der Waals surface area contributed by atoms with Gasteiger partial charge < -0.3 is 9.84 Å². The average Bonchev–Trinajstić information content (AvgIpc) is 2.17. The number of carbonyl (C=O) groups excluding carboxylic acids is 1. The van der Waals surface area contributed by atoms with Gasteiger partial charge in [-0.05, 0) is 20.4 Å². The SMILES string of the molecule is CCCCOC(=O)C(C)N(C)CCO. The molecule has 0 saturated carbocycles. The third-order valence-electron chi connectivity index (χ3n) is 2.20. The van der Waals surface area contributed by atoms with Crippen molar-refractivity contribution in [2.45, 2.75) is 32.7 Å². The highest BCUT2D eigenvalue weighted by molar-refractivity contribution is 5.75. The van der Waals surface area contributed by atoms with Crippen molar-refractivity contribution in [3.8, 4) is 0 Å². The molecule has 4 heteroatoms. The summed E-state index contributed by atoms with van der Waals surface area (Å²) >= 11 is 0. The Morgan fingerprint density at radius 2 is 2.21 bits per heavy atom. The second-order valence-electron chi connectivity index (χ2n) is 3.40. The fraction of sp³-hybridized carbons (Fsp3) is 0.900. The second-order valence-corrected chi connectivity index (χ2v) is 3.40. The van der Waals surface area contributed by atoms with Crippen molar-refractivity contribution < 1.29 is 14.6 Å². The van der Waals surface area contributed by atoms with Crippen molar-refractivity contribution in [2.24, 2.45) is 0 Å². The van der Waals surface area contributed by atoms with Gasteiger partial charge in [0.1, 0.15) is 6.04 Å². The van der Waals surface area contributed by atoms with Crippen LogP contribution in [0.1, 0.15) is 26.7 Å². The first-order valence-corrected chi connectivity index (χ1v) is 5.11. The Morgan fingerprint density at radius 3 is 2.71 bits per heavy atom. The van der Waals surface area contributed by atoms with E-state index >= 15 is 0 Å². The summed E-state index contributed by atoms with van der Waals surface area (Å²) in [6.07, 6.45) is 1.93. The van der Waals surface area contributed by atoms with E-state index in [9.17, 15) is 4.79 Å². The van der Waals surface area contributed by atoms with Gasteiger partial charge in [-0.25, -0.2) is 0 Å². The van der Waals surface area contributed by atoms with E-state index in [1.807, 2.05) is 0 Å². The largest absolute Gasteiger partial charge is 0.465 e. The lowest BCUT2D eigenvalue weighted by Gasteiger charge is -2.21. The predicted molar refractivity (Wildman–Crippen MR) is 55.0 cm³/mol. The Hall–Kier alpha value is -0.610. The fourth-order valence-corrected chi connectivity index (χ4v) is 0.969. The van der Waals surface area contributed by atoms with Gasteiger partial charge in [-0.3, -0.25) is 9.69 Å². The normalized spacial score (nSPS) is 12.9. The number of carbonyl (C=O) groups is 1. The summed E-state index contributed by atoms with van der Waals surface area (Å²) in [5.74, 6) is -0.214. The summed E-state index contributed by atoms with van der Waals surface area (Å²) in [6, 6.07) is -0.279. The summed E-state index contributed by atoms with van der Waals surface area (Å²) in [5, 5.41) is 8.69. The summed E-state index contributed by atoms with van der Waals surface area (Å²) in [7, 11) is 1.79. The molecule has 0 spiro atoms. The molecule has 0 aliphatic rings. The Bertz CT molecular complexity index is 161. The summed E-state index contributed by atoms with van der Waals surface area (Å²) in [5.41, 5.74) is 0. The molecule has 14 heavy (non-hydrogen) atoms. The van der Waals surface area contributed by atoms with E-state index in [0.717, 1.165) is 12.8 Å². The van der Waals surface area contributed by atoms with Gasteiger partial charge in [-0.15, -0.1) is 0 Å². The molecule has 1 N–H and O–H groups in total. The lowest BCUT2D eigenvalue weighted by molar-refractivity contribution is -0.149. The molecule has 0 aliphatic carbocycles. The standard InChI is InChI=1S/C10H21NO3/c1-4-5-8-14-10(13)9(2)11(3)6-7-12/h9,12H,4-8H2,1-3H3. The quantitative estimate of drug-likeness (QED) is 0.487. The number of aliphatic hydroxyl groups is 1. The minimum absolute atomic E-state index is 0.0586. The first kappa shape index (κ1) is 13.4. The number of nitrogens with zero attached hydrogens (tertiary/aromatic N) is 1. The van der Waals surface area contributed by atoms with Gasteiger partial charge in [0.15, 0.2) is 0 Å². The van der Waals surface area contributed by atoms with Crippen LogP contribution in [0.3, 0.4) is 0 Å². The van der Waals surface area contributed by atoms with E-state index in [-0.39, 0.29) is 18.6 Å². The molecule has 0 fully saturated rings. The molecule has 0 aromatic heterocycles. The number of likely N-dealkylation sites (N-methyl/N-ethyl adjacent to an activating group) is 1. The Kier molecular flexibility index (Phi) is 7.42. The minimum atomic E-state index is -0.279. The predicted octanol–water partition coefficient (Wildman–Crippen LogP) is 0.642. The lowest BCUT2D eigenvalue weighted by atomic mass is 10.3. The number of aliphatic hydroxyl groups excluding tert-OH is 1. The maximum absolute atomic E-state index is 11.4. The topological polar surface area (TPSA) is 49.8 Å². The summed E-state index contributed by atoms with van der Waals surface area (Å²) < 4.78 is 5.05. The Morgan fingerprint density at radius 1 is 1.57 bits per heavy atom. The number of hydrogen-bond acceptors (Lipinski definition) is 4. The number of ether oxygens (including phenoxy) is 1. The van der Waals surface area contributed by atoms with Gasteiger partial charge in [0.2, 0.25) is 0 Å². The van der Waals surface area contributed by atoms with Crippen LogP contribution >= 0.6 is 0 Å². The third kappa shape index (κ3) is 5.19. The zero-order valence-electron chi connectivity index (χ0n) is 9.32. The molecule has 0 aliphatic heterocycles. The maximum Gasteiger partial charge on any atom is 0.323 e. The van der Waals surface area contributed by atoms with Crippen LogP contribution in [0.5, 0.6) is 0 Å². The van der Waals surface area contributed by atoms with Crippen LogP contribution in [0.2, 0.25) is 0 Å². The Balaban J connectivity index is 3.74. The molecule has 1 atom stereocenters. The van der Waals surface area contributed by atoms with Crippen LogP contribution in [-0.2, 0) is 9.53 Å². The zero-order chi connectivity index (χ0) is 11.0. The van der Waals surface area contributed by atoms with Gasteiger partial charge in [0.05, 0.1) is 13.2 Å². The van der Waals surface area contributed by atoms with Crippen LogP contribution in [0.15, 0.2) is 0 Å². The first-order valence-electron chi connectivity index (χ1n) is 5.11. The molecular formula is C10H21NO3. The van der Waals surface area contributed by atoms with Crippen LogP contribution in [0.25, 0.3) is 0 Å². The first-order chi connectivity index (χ1) is 6.63. The van der Waals surface area contributed by atoms with E-state index in [1.54, 1.807) is 18.9 Å². The average molecular weight is 203 g/mol. The van der Waals surface area contributed by atoms with E-state index < -0.39 is 0 Å². The molecule has 1 unspecified atom stereocenters. The van der Waals surface area contributed by atoms with E-state index in [4.69, 9.17) is 9.84 Å². The highest BCUT2D eigenvalue weighted by Crippen LogP contribution is 1.99. The Labute approximate surface area is 85.9 Å². The van der Waals surface area contributed by atoms with E-state index in [2.05, 4.69) is 6.92 Å². The zero-order valence-corrected chi connectivity index (χ0v) is 9.32. The molecule has 0 radical (unpaired) electrons. The number of rotatable bonds is 7. The molecule has 4 nitrogen and oxygen atoms in total. The molecular weight excluding hydrogens is 182 g/mol. The van der Waals surface area contributed by atoms with Crippen molar-refractivity contribution in [3.05, 3.63) is 0 Å². The highest BCUT2D eigenvalue weighted by Gasteiger charge is 2.18. The van der Waals surface area contributed by atoms with E-state index in [0.29, 0.717) is 13.2 Å². The highest BCUT2D eigenvalue weighted by atomic mass is 16.5. The molecule has 0 aromatic carbocycles. The van der Waals surface area contributed by atoms with Crippen LogP contribution in [0, 0.1) is 0 Å². The molecule has 0 heterocycles. The van der Waals surface area contributed by atoms with Crippen molar-refractivity contribution in [1.82, 2.24) is 4.90 Å². The van der Waals surface area contributed by atoms with Gasteiger partial charge in [-0.1, -0.05) is 13.3 Å². The van der Waals surface area contributed by atoms with Gasteiger partial charge in [-0.2, -0.15) is 0 Å². The molecule has 84 valence electrons. The van der Waals surface area contributed by atoms with Gasteiger partial charge in [0.25, 0.3) is 0 Å². The van der Waals surface area contributed by atoms with Gasteiger partial charge in [0, 0.05) is 6.54 Å². The minimum Gasteiger partial charge on any atom is -0.465 e. The van der Waals surface area contributed by atoms with Crippen LogP contribution in [-0.4, -0.2) is 48.8 Å². The van der Waals surface area contributed by atoms with Crippen LogP contribution in [0.4, 0.5) is 0 Å². The van der Waals surface area contributed by atoms with Crippen molar-refractivity contribution >= 4 is 5.97 Å². The number of unbranched alkanes of at least 4 members (excludes halogenated alkanes) is 1. The maximum atomic E-state index is 11.4. The smallest absolute Gasteiger partial charge is 0.323 e. The number of esters is 1. The molecule has 0 amide bonds. The van der Waals surface area contributed by atoms with Crippen molar-refractivity contribution in [1.29, 1.82) is 0 Å². The molecule has 0 rings (SSSR count). The van der Waals surface area contributed by atoms with Crippen molar-refractivity contribution in [3.63, 3.8) is 0 Å².